The molecule has 162 valence electrons. The Morgan fingerprint density at radius 3 is 1.78 bits per heavy atom. The summed E-state index contributed by atoms with van der Waals surface area (Å²) in [6.45, 7) is 2.95. The van der Waals surface area contributed by atoms with Crippen LogP contribution in [0.1, 0.15) is 59.5 Å². The van der Waals surface area contributed by atoms with Gasteiger partial charge < -0.3 is 14.6 Å². The van der Waals surface area contributed by atoms with Gasteiger partial charge in [0.15, 0.2) is 23.1 Å². The van der Waals surface area contributed by atoms with Gasteiger partial charge in [-0.3, -0.25) is 19.2 Å². The molecule has 0 atom stereocenters. The number of methoxy groups -OCH3 is 2. The van der Waals surface area contributed by atoms with Crippen molar-refractivity contribution in [2.24, 2.45) is 0 Å². The van der Waals surface area contributed by atoms with E-state index in [9.17, 15) is 24.3 Å². The van der Waals surface area contributed by atoms with E-state index in [1.165, 1.54) is 40.2 Å². The Hall–Kier alpha value is -3.71. The molecule has 2 aromatic carbocycles. The fraction of sp³-hybridized carbons (Fsp3) is 0.167. The number of hydrogen-bond acceptors (Lipinski definition) is 7. The van der Waals surface area contributed by atoms with E-state index in [4.69, 9.17) is 21.1 Å². The molecule has 0 bridgehead atoms. The first-order valence-electron chi connectivity index (χ1n) is 9.53. The second-order valence-corrected chi connectivity index (χ2v) is 7.73. The van der Waals surface area contributed by atoms with Crippen LogP contribution in [0.2, 0.25) is 5.02 Å². The maximum absolute atomic E-state index is 13.7. The van der Waals surface area contributed by atoms with Crippen LogP contribution in [0.4, 0.5) is 0 Å². The van der Waals surface area contributed by atoms with Crippen molar-refractivity contribution < 1.29 is 33.8 Å². The fourth-order valence-electron chi connectivity index (χ4n) is 4.18. The Morgan fingerprint density at radius 1 is 0.750 bits per heavy atom. The van der Waals surface area contributed by atoms with E-state index in [2.05, 4.69) is 0 Å². The number of phenolic OH excluding ortho intramolecular Hbond substituents is 1. The van der Waals surface area contributed by atoms with Gasteiger partial charge in [0, 0.05) is 16.7 Å². The molecular weight excluding hydrogens is 436 g/mol. The molecule has 0 aromatic heterocycles. The highest BCUT2D eigenvalue weighted by atomic mass is 35.5. The topological polar surface area (TPSA) is 107 Å². The second kappa shape index (κ2) is 7.46. The van der Waals surface area contributed by atoms with Crippen LogP contribution in [0.5, 0.6) is 17.2 Å². The average molecular weight is 453 g/mol. The van der Waals surface area contributed by atoms with Crippen LogP contribution in [-0.4, -0.2) is 42.5 Å². The summed E-state index contributed by atoms with van der Waals surface area (Å²) in [7, 11) is 2.74. The van der Waals surface area contributed by atoms with Gasteiger partial charge in [-0.25, -0.2) is 0 Å². The molecule has 2 aromatic rings. The molecule has 2 aliphatic carbocycles. The van der Waals surface area contributed by atoms with Crippen LogP contribution >= 0.6 is 11.6 Å². The number of hydrogen-bond donors (Lipinski definition) is 1. The van der Waals surface area contributed by atoms with Crippen molar-refractivity contribution in [2.75, 3.05) is 14.2 Å². The summed E-state index contributed by atoms with van der Waals surface area (Å²) >= 11 is 6.42. The van der Waals surface area contributed by atoms with Gasteiger partial charge in [-0.1, -0.05) is 11.6 Å². The SMILES string of the molecule is COc1ccc(OC)c2c1C(=O)C(C)=C(c1c(C)c(Cl)c3c(c1O)C(=O)C=CC3=O)C2=O. The number of carbonyl (C=O) groups is 4. The highest BCUT2D eigenvalue weighted by molar-refractivity contribution is 6.44. The number of carbonyl (C=O) groups excluding carboxylic acids is 4. The van der Waals surface area contributed by atoms with Crippen molar-refractivity contribution in [2.45, 2.75) is 13.8 Å². The third kappa shape index (κ3) is 2.74. The van der Waals surface area contributed by atoms with Crippen molar-refractivity contribution in [1.29, 1.82) is 0 Å². The van der Waals surface area contributed by atoms with E-state index in [1.54, 1.807) is 0 Å². The van der Waals surface area contributed by atoms with Crippen LogP contribution in [-0.2, 0) is 0 Å². The number of benzene rings is 2. The summed E-state index contributed by atoms with van der Waals surface area (Å²) in [5.41, 5.74) is -0.368. The predicted molar refractivity (Wildman–Crippen MR) is 116 cm³/mol. The monoisotopic (exact) mass is 452 g/mol. The zero-order valence-corrected chi connectivity index (χ0v) is 18.3. The first kappa shape index (κ1) is 21.5. The van der Waals surface area contributed by atoms with Gasteiger partial charge in [-0.15, -0.1) is 0 Å². The molecule has 0 amide bonds. The first-order chi connectivity index (χ1) is 15.1. The van der Waals surface area contributed by atoms with Gasteiger partial charge in [0.25, 0.3) is 0 Å². The fourth-order valence-corrected chi connectivity index (χ4v) is 4.46. The summed E-state index contributed by atoms with van der Waals surface area (Å²) in [4.78, 5) is 51.8. The molecule has 0 aliphatic heterocycles. The molecule has 0 saturated carbocycles. The molecule has 0 unspecified atom stereocenters. The highest BCUT2D eigenvalue weighted by Gasteiger charge is 2.39. The normalized spacial score (nSPS) is 15.2. The van der Waals surface area contributed by atoms with Gasteiger partial charge in [0.05, 0.1) is 41.5 Å². The van der Waals surface area contributed by atoms with Crippen LogP contribution in [0.25, 0.3) is 5.57 Å². The van der Waals surface area contributed by atoms with Crippen LogP contribution in [0, 0.1) is 6.92 Å². The van der Waals surface area contributed by atoms with Crippen LogP contribution in [0.15, 0.2) is 29.9 Å². The lowest BCUT2D eigenvalue weighted by Gasteiger charge is -2.26. The molecule has 0 fully saturated rings. The van der Waals surface area contributed by atoms with Crippen molar-refractivity contribution in [3.63, 3.8) is 0 Å². The summed E-state index contributed by atoms with van der Waals surface area (Å²) < 4.78 is 10.6. The average Bonchev–Trinajstić information content (AvgIpc) is 2.78. The van der Waals surface area contributed by atoms with Crippen LogP contribution in [0.3, 0.4) is 0 Å². The number of ether oxygens (including phenoxy) is 2. The predicted octanol–water partition coefficient (Wildman–Crippen LogP) is 4.16. The zero-order chi connectivity index (χ0) is 23.5. The van der Waals surface area contributed by atoms with E-state index in [1.807, 2.05) is 0 Å². The maximum atomic E-state index is 13.7. The summed E-state index contributed by atoms with van der Waals surface area (Å²) in [5.74, 6) is -2.50. The molecule has 2 aliphatic rings. The van der Waals surface area contributed by atoms with Gasteiger partial charge in [-0.2, -0.15) is 0 Å². The number of aromatic hydroxyl groups is 1. The van der Waals surface area contributed by atoms with Gasteiger partial charge in [0.1, 0.15) is 17.2 Å². The number of Topliss-reactive ketones (excluding diaryl/α,β-unsaturated/α-hetero) is 2. The largest absolute Gasteiger partial charge is 0.506 e. The van der Waals surface area contributed by atoms with Gasteiger partial charge in [-0.05, 0) is 43.7 Å². The van der Waals surface area contributed by atoms with Crippen molar-refractivity contribution in [1.82, 2.24) is 0 Å². The molecule has 4 rings (SSSR count). The zero-order valence-electron chi connectivity index (χ0n) is 17.6. The Balaban J connectivity index is 2.09. The molecule has 8 heteroatoms. The lowest BCUT2D eigenvalue weighted by molar-refractivity contribution is 0.0985. The lowest BCUT2D eigenvalue weighted by Crippen LogP contribution is -2.23. The quantitative estimate of drug-likeness (QED) is 0.745. The van der Waals surface area contributed by atoms with Gasteiger partial charge in [0.2, 0.25) is 0 Å². The van der Waals surface area contributed by atoms with Crippen molar-refractivity contribution >= 4 is 40.3 Å². The lowest BCUT2D eigenvalue weighted by atomic mass is 9.77. The number of halogens is 1. The standard InChI is InChI=1S/C24H17ClO7/c1-9-15(23(29)18-12(27)6-5-11(26)17(18)21(9)25)16-10(2)22(28)19-13(31-3)7-8-14(32-4)20(19)24(16)30/h5-8,29H,1-4H3. The number of rotatable bonds is 3. The summed E-state index contributed by atoms with van der Waals surface area (Å²) in [5, 5.41) is 11.0. The van der Waals surface area contributed by atoms with Gasteiger partial charge >= 0.3 is 0 Å². The smallest absolute Gasteiger partial charge is 0.198 e. The van der Waals surface area contributed by atoms with Crippen LogP contribution < -0.4 is 9.47 Å². The minimum absolute atomic E-state index is 0.0209. The molecule has 0 spiro atoms. The summed E-state index contributed by atoms with van der Waals surface area (Å²) in [6, 6.07) is 3.02. The summed E-state index contributed by atoms with van der Waals surface area (Å²) in [6.07, 6.45) is 2.10. The molecule has 32 heavy (non-hydrogen) atoms. The van der Waals surface area contributed by atoms with Crippen molar-refractivity contribution in [3.05, 3.63) is 68.3 Å². The van der Waals surface area contributed by atoms with E-state index in [0.717, 1.165) is 12.2 Å². The Bertz CT molecular complexity index is 1350. The van der Waals surface area contributed by atoms with E-state index in [0.29, 0.717) is 0 Å². The maximum Gasteiger partial charge on any atom is 0.198 e. The van der Waals surface area contributed by atoms with E-state index >= 15 is 0 Å². The highest BCUT2D eigenvalue weighted by Crippen LogP contribution is 2.47. The number of allylic oxidation sites excluding steroid dienone is 4. The minimum Gasteiger partial charge on any atom is -0.506 e. The third-order valence-electron chi connectivity index (χ3n) is 5.74. The number of fused-ring (bicyclic) bond motifs is 2. The van der Waals surface area contributed by atoms with Crippen molar-refractivity contribution in [3.8, 4) is 17.2 Å². The molecule has 0 heterocycles. The number of ketones is 4. The Morgan fingerprint density at radius 2 is 1.25 bits per heavy atom. The molecule has 0 radical (unpaired) electrons. The van der Waals surface area contributed by atoms with E-state index < -0.39 is 28.9 Å². The molecule has 1 N–H and O–H groups in total. The molecule has 0 saturated heterocycles. The Labute approximate surface area is 187 Å². The molecule has 7 nitrogen and oxygen atoms in total. The third-order valence-corrected chi connectivity index (χ3v) is 6.21. The number of phenols is 1. The minimum atomic E-state index is -0.632. The Kier molecular flexibility index (Phi) is 5.02. The molecular formula is C24H17ClO7. The second-order valence-electron chi connectivity index (χ2n) is 7.35. The van der Waals surface area contributed by atoms with E-state index in [-0.39, 0.29) is 61.0 Å². The first-order valence-corrected chi connectivity index (χ1v) is 9.90.